The maximum atomic E-state index is 11.9. The summed E-state index contributed by atoms with van der Waals surface area (Å²) in [5.74, 6) is 0.484. The largest absolute Gasteiger partial charge is 0.496 e. The zero-order valence-electron chi connectivity index (χ0n) is 12.4. The van der Waals surface area contributed by atoms with E-state index in [0.29, 0.717) is 12.1 Å². The summed E-state index contributed by atoms with van der Waals surface area (Å²) >= 11 is 0. The smallest absolute Gasteiger partial charge is 0.220 e. The molecular weight excluding hydrogens is 280 g/mol. The van der Waals surface area contributed by atoms with Crippen molar-refractivity contribution in [2.75, 3.05) is 7.11 Å². The fraction of sp³-hybridized carbons (Fsp3) is 0.235. The molecule has 22 heavy (non-hydrogen) atoms. The third kappa shape index (κ3) is 4.41. The minimum Gasteiger partial charge on any atom is -0.496 e. The first-order chi connectivity index (χ1) is 10.7. The first-order valence-electron chi connectivity index (χ1n) is 7.02. The van der Waals surface area contributed by atoms with E-state index >= 15 is 0 Å². The summed E-state index contributed by atoms with van der Waals surface area (Å²) in [6.45, 7) is 0.379. The van der Waals surface area contributed by atoms with E-state index in [-0.39, 0.29) is 24.5 Å². The molecule has 1 aromatic heterocycles. The SMILES string of the molecule is COc1ccccc1CNC(=O)CCC(=O)c1cccnc1. The first kappa shape index (κ1) is 15.7. The average Bonchev–Trinajstić information content (AvgIpc) is 2.58. The molecule has 0 aliphatic heterocycles. The Balaban J connectivity index is 1.80. The van der Waals surface area contributed by atoms with Crippen LogP contribution in [0.25, 0.3) is 0 Å². The molecule has 1 heterocycles. The van der Waals surface area contributed by atoms with Crippen molar-refractivity contribution in [3.8, 4) is 5.75 Å². The van der Waals surface area contributed by atoms with Crippen molar-refractivity contribution in [1.82, 2.24) is 10.3 Å². The predicted octanol–water partition coefficient (Wildman–Crippen LogP) is 2.37. The molecule has 0 fully saturated rings. The fourth-order valence-corrected chi connectivity index (χ4v) is 2.03. The van der Waals surface area contributed by atoms with Gasteiger partial charge in [0.2, 0.25) is 5.91 Å². The van der Waals surface area contributed by atoms with Gasteiger partial charge in [-0.05, 0) is 18.2 Å². The second-order valence-electron chi connectivity index (χ2n) is 4.75. The highest BCUT2D eigenvalue weighted by atomic mass is 16.5. The molecule has 0 saturated heterocycles. The number of nitrogens with one attached hydrogen (secondary N) is 1. The highest BCUT2D eigenvalue weighted by molar-refractivity contribution is 5.97. The van der Waals surface area contributed by atoms with E-state index in [2.05, 4.69) is 10.3 Å². The number of hydrogen-bond acceptors (Lipinski definition) is 4. The standard InChI is InChI=1S/C17H18N2O3/c1-22-16-7-3-2-5-14(16)12-19-17(21)9-8-15(20)13-6-4-10-18-11-13/h2-7,10-11H,8-9,12H2,1H3,(H,19,21). The Hall–Kier alpha value is -2.69. The van der Waals surface area contributed by atoms with E-state index in [4.69, 9.17) is 4.74 Å². The Bertz CT molecular complexity index is 641. The number of ether oxygens (including phenoxy) is 1. The number of hydrogen-bond donors (Lipinski definition) is 1. The molecule has 5 heteroatoms. The van der Waals surface area contributed by atoms with Crippen LogP contribution >= 0.6 is 0 Å². The first-order valence-corrected chi connectivity index (χ1v) is 7.02. The lowest BCUT2D eigenvalue weighted by Gasteiger charge is -2.09. The number of amides is 1. The normalized spacial score (nSPS) is 10.0. The molecule has 5 nitrogen and oxygen atoms in total. The van der Waals surface area contributed by atoms with Crippen LogP contribution in [0.5, 0.6) is 5.75 Å². The van der Waals surface area contributed by atoms with Crippen molar-refractivity contribution in [3.63, 3.8) is 0 Å². The lowest BCUT2D eigenvalue weighted by atomic mass is 10.1. The molecule has 114 valence electrons. The summed E-state index contributed by atoms with van der Waals surface area (Å²) in [6.07, 6.45) is 3.44. The minimum absolute atomic E-state index is 0.0828. The maximum absolute atomic E-state index is 11.9. The van der Waals surface area contributed by atoms with Crippen LogP contribution in [-0.2, 0) is 11.3 Å². The summed E-state index contributed by atoms with van der Waals surface area (Å²) in [6, 6.07) is 10.9. The number of Topliss-reactive ketones (excluding diaryl/α,β-unsaturated/α-hetero) is 1. The van der Waals surface area contributed by atoms with Gasteiger partial charge < -0.3 is 10.1 Å². The number of carbonyl (C=O) groups excluding carboxylic acids is 2. The van der Waals surface area contributed by atoms with E-state index in [1.807, 2.05) is 24.3 Å². The summed E-state index contributed by atoms with van der Waals surface area (Å²) < 4.78 is 5.22. The number of rotatable bonds is 7. The van der Waals surface area contributed by atoms with Gasteiger partial charge in [0.1, 0.15) is 5.75 Å². The minimum atomic E-state index is -0.164. The second kappa shape index (κ2) is 7.93. The van der Waals surface area contributed by atoms with Crippen LogP contribution in [-0.4, -0.2) is 23.8 Å². The van der Waals surface area contributed by atoms with Crippen molar-refractivity contribution < 1.29 is 14.3 Å². The van der Waals surface area contributed by atoms with Gasteiger partial charge in [-0.3, -0.25) is 14.6 Å². The van der Waals surface area contributed by atoms with E-state index in [1.54, 1.807) is 25.4 Å². The predicted molar refractivity (Wildman–Crippen MR) is 82.6 cm³/mol. The molecule has 0 saturated carbocycles. The second-order valence-corrected chi connectivity index (χ2v) is 4.75. The molecule has 0 aliphatic carbocycles. The number of nitrogens with zero attached hydrogens (tertiary/aromatic N) is 1. The molecule has 2 rings (SSSR count). The number of methoxy groups -OCH3 is 1. The molecule has 0 radical (unpaired) electrons. The van der Waals surface area contributed by atoms with Crippen molar-refractivity contribution in [2.24, 2.45) is 0 Å². The van der Waals surface area contributed by atoms with Gasteiger partial charge in [0.05, 0.1) is 7.11 Å². The van der Waals surface area contributed by atoms with Crippen LogP contribution in [0.2, 0.25) is 0 Å². The molecule has 0 spiro atoms. The number of aromatic nitrogens is 1. The molecule has 1 N–H and O–H groups in total. The summed E-state index contributed by atoms with van der Waals surface area (Å²) in [7, 11) is 1.59. The molecule has 0 unspecified atom stereocenters. The Labute approximate surface area is 129 Å². The van der Waals surface area contributed by atoms with Gasteiger partial charge in [-0.25, -0.2) is 0 Å². The van der Waals surface area contributed by atoms with Crippen LogP contribution < -0.4 is 10.1 Å². The number of carbonyl (C=O) groups is 2. The zero-order chi connectivity index (χ0) is 15.8. The molecule has 0 aliphatic rings. The molecule has 0 bridgehead atoms. The third-order valence-corrected chi connectivity index (χ3v) is 3.23. The summed E-state index contributed by atoms with van der Waals surface area (Å²) in [5, 5.41) is 2.79. The van der Waals surface area contributed by atoms with Gasteiger partial charge in [0, 0.05) is 42.9 Å². The molecular formula is C17H18N2O3. The van der Waals surface area contributed by atoms with E-state index < -0.39 is 0 Å². The topological polar surface area (TPSA) is 68.3 Å². The van der Waals surface area contributed by atoms with E-state index in [1.165, 1.54) is 6.20 Å². The molecule has 1 aromatic carbocycles. The number of para-hydroxylation sites is 1. The van der Waals surface area contributed by atoms with Crippen LogP contribution in [0.15, 0.2) is 48.8 Å². The summed E-state index contributed by atoms with van der Waals surface area (Å²) in [5.41, 5.74) is 1.43. The molecule has 0 atom stereocenters. The Kier molecular flexibility index (Phi) is 5.65. The van der Waals surface area contributed by atoms with Gasteiger partial charge >= 0.3 is 0 Å². The number of pyridine rings is 1. The van der Waals surface area contributed by atoms with Gasteiger partial charge in [-0.15, -0.1) is 0 Å². The Morgan fingerprint density at radius 1 is 1.14 bits per heavy atom. The average molecular weight is 298 g/mol. The van der Waals surface area contributed by atoms with E-state index in [0.717, 1.165) is 11.3 Å². The lowest BCUT2D eigenvalue weighted by Crippen LogP contribution is -2.23. The zero-order valence-corrected chi connectivity index (χ0v) is 12.4. The lowest BCUT2D eigenvalue weighted by molar-refractivity contribution is -0.121. The molecule has 2 aromatic rings. The fourth-order valence-electron chi connectivity index (χ4n) is 2.03. The highest BCUT2D eigenvalue weighted by Crippen LogP contribution is 2.16. The van der Waals surface area contributed by atoms with Gasteiger partial charge in [0.25, 0.3) is 0 Å². The Morgan fingerprint density at radius 2 is 1.95 bits per heavy atom. The van der Waals surface area contributed by atoms with Gasteiger partial charge in [-0.1, -0.05) is 18.2 Å². The highest BCUT2D eigenvalue weighted by Gasteiger charge is 2.10. The monoisotopic (exact) mass is 298 g/mol. The van der Waals surface area contributed by atoms with E-state index in [9.17, 15) is 9.59 Å². The number of ketones is 1. The van der Waals surface area contributed by atoms with Crippen molar-refractivity contribution in [1.29, 1.82) is 0 Å². The van der Waals surface area contributed by atoms with Crippen LogP contribution in [0.1, 0.15) is 28.8 Å². The van der Waals surface area contributed by atoms with Gasteiger partial charge in [0.15, 0.2) is 5.78 Å². The summed E-state index contributed by atoms with van der Waals surface area (Å²) in [4.78, 5) is 27.6. The third-order valence-electron chi connectivity index (χ3n) is 3.23. The Morgan fingerprint density at radius 3 is 2.68 bits per heavy atom. The van der Waals surface area contributed by atoms with Crippen LogP contribution in [0, 0.1) is 0 Å². The van der Waals surface area contributed by atoms with Crippen molar-refractivity contribution in [3.05, 3.63) is 59.9 Å². The maximum Gasteiger partial charge on any atom is 0.220 e. The van der Waals surface area contributed by atoms with Crippen LogP contribution in [0.4, 0.5) is 0 Å². The molecule has 1 amide bonds. The van der Waals surface area contributed by atoms with Crippen LogP contribution in [0.3, 0.4) is 0 Å². The number of benzene rings is 1. The van der Waals surface area contributed by atoms with Crippen molar-refractivity contribution in [2.45, 2.75) is 19.4 Å². The van der Waals surface area contributed by atoms with Crippen molar-refractivity contribution >= 4 is 11.7 Å². The van der Waals surface area contributed by atoms with Gasteiger partial charge in [-0.2, -0.15) is 0 Å². The quantitative estimate of drug-likeness (QED) is 0.797.